The largest absolute Gasteiger partial charge is 0.676 e. The molecule has 2 aromatic heterocycles. The minimum Gasteiger partial charge on any atom is -0.676 e. The van der Waals surface area contributed by atoms with Gasteiger partial charge in [0.15, 0.2) is 0 Å². The van der Waals surface area contributed by atoms with E-state index in [1.54, 1.807) is 23.1 Å². The molecule has 0 fully saturated rings. The SMILES string of the molecule is CN(C)c1ccnc(-c2[c-]cc(F)cc2F)c1.[Lr].[NH-]CCn1cccn1. The summed E-state index contributed by atoms with van der Waals surface area (Å²) in [6, 6.07) is 9.88. The first kappa shape index (κ1) is 20.2. The first-order valence-electron chi connectivity index (χ1n) is 7.63. The average molecular weight is 605 g/mol. The molecule has 26 heavy (non-hydrogen) atoms. The van der Waals surface area contributed by atoms with Crippen LogP contribution in [0.5, 0.6) is 0 Å². The number of hydrogen-bond donors (Lipinski definition) is 0. The van der Waals surface area contributed by atoms with Gasteiger partial charge in [0.1, 0.15) is 0 Å². The number of rotatable bonds is 4. The molecule has 0 saturated heterocycles. The molecule has 0 aliphatic heterocycles. The summed E-state index contributed by atoms with van der Waals surface area (Å²) >= 11 is 0. The van der Waals surface area contributed by atoms with Crippen molar-refractivity contribution in [2.45, 2.75) is 6.54 Å². The van der Waals surface area contributed by atoms with Crippen LogP contribution >= 0.6 is 0 Å². The summed E-state index contributed by atoms with van der Waals surface area (Å²) in [5.41, 5.74) is 8.33. The Morgan fingerprint density at radius 3 is 2.58 bits per heavy atom. The Kier molecular flexibility index (Phi) is 7.39. The Morgan fingerprint density at radius 2 is 2.00 bits per heavy atom. The molecule has 1 N–H and O–H groups in total. The van der Waals surface area contributed by atoms with Crippen LogP contribution in [-0.4, -0.2) is 35.4 Å². The van der Waals surface area contributed by atoms with Crippen LogP contribution in [0.15, 0.2) is 48.9 Å². The van der Waals surface area contributed by atoms with Gasteiger partial charge in [-0.15, -0.1) is 18.7 Å². The number of nitrogens with zero attached hydrogens (tertiary/aromatic N) is 4. The van der Waals surface area contributed by atoms with Crippen molar-refractivity contribution in [3.63, 3.8) is 0 Å². The second-order valence-electron chi connectivity index (χ2n) is 5.35. The maximum absolute atomic E-state index is 13.5. The van der Waals surface area contributed by atoms with Crippen molar-refractivity contribution in [3.8, 4) is 11.3 Å². The number of aromatic nitrogens is 3. The zero-order valence-corrected chi connectivity index (χ0v) is 16.5. The predicted octanol–water partition coefficient (Wildman–Crippen LogP) is 3.83. The molecular weight excluding hydrogens is 586 g/mol. The van der Waals surface area contributed by atoms with Crippen LogP contribution in [0.25, 0.3) is 17.0 Å². The Hall–Kier alpha value is -3.80. The molecule has 0 bridgehead atoms. The van der Waals surface area contributed by atoms with E-state index in [1.807, 2.05) is 37.3 Å². The van der Waals surface area contributed by atoms with Crippen LogP contribution in [0.1, 0.15) is 0 Å². The first-order chi connectivity index (χ1) is 12.0. The van der Waals surface area contributed by atoms with Gasteiger partial charge < -0.3 is 15.6 Å². The fourth-order valence-electron chi connectivity index (χ4n) is 2.02. The summed E-state index contributed by atoms with van der Waals surface area (Å²) in [4.78, 5) is 5.94. The van der Waals surface area contributed by atoms with Gasteiger partial charge in [-0.2, -0.15) is 5.10 Å². The summed E-state index contributed by atoms with van der Waals surface area (Å²) < 4.78 is 28.1. The van der Waals surface area contributed by atoms with E-state index in [-0.39, 0.29) is 5.56 Å². The molecule has 0 amide bonds. The molecule has 0 aliphatic carbocycles. The molecular formula is C18H19F2LrN5-2. The van der Waals surface area contributed by atoms with Crippen molar-refractivity contribution >= 4 is 5.69 Å². The Balaban J connectivity index is 0.000000318. The van der Waals surface area contributed by atoms with E-state index in [0.29, 0.717) is 18.8 Å². The van der Waals surface area contributed by atoms with Crippen molar-refractivity contribution in [1.82, 2.24) is 14.8 Å². The van der Waals surface area contributed by atoms with Gasteiger partial charge >= 0.3 is 0 Å². The summed E-state index contributed by atoms with van der Waals surface area (Å²) in [5, 5.41) is 3.90. The summed E-state index contributed by atoms with van der Waals surface area (Å²) in [6.07, 6.45) is 5.16. The standard InChI is InChI=1S/C13H11F2N2.C5H8N3.Lr/c1-17(2)10-5-6-16-13(8-10)11-4-3-9(14)7-12(11)15;6-2-5-8-4-1-3-7-8;/h3,5-8H,1-2H3;1,3-4,6H,2,5H2;/q2*-1;. The van der Waals surface area contributed by atoms with Gasteiger partial charge in [-0.25, -0.2) is 0 Å². The zero-order valence-electron chi connectivity index (χ0n) is 14.3. The van der Waals surface area contributed by atoms with Crippen LogP contribution in [0.2, 0.25) is 0 Å². The molecule has 8 heteroatoms. The maximum atomic E-state index is 13.5. The number of anilines is 1. The van der Waals surface area contributed by atoms with Gasteiger partial charge in [0.05, 0.1) is 0 Å². The Bertz CT molecular complexity index is 794. The summed E-state index contributed by atoms with van der Waals surface area (Å²) in [5.74, 6) is -1.30. The normalized spacial score (nSPS) is 9.73. The summed E-state index contributed by atoms with van der Waals surface area (Å²) in [7, 11) is 3.76. The monoisotopic (exact) mass is 605 g/mol. The van der Waals surface area contributed by atoms with E-state index >= 15 is 0 Å². The van der Waals surface area contributed by atoms with Crippen LogP contribution < -0.4 is 4.90 Å². The maximum Gasteiger partial charge on any atom is 0.0489 e. The number of hydrogen-bond acceptors (Lipinski definition) is 3. The van der Waals surface area contributed by atoms with Crippen molar-refractivity contribution in [1.29, 1.82) is 0 Å². The molecule has 0 saturated carbocycles. The summed E-state index contributed by atoms with van der Waals surface area (Å²) in [6.45, 7) is 1.11. The van der Waals surface area contributed by atoms with Gasteiger partial charge in [-0.3, -0.25) is 13.5 Å². The van der Waals surface area contributed by atoms with Crippen molar-refractivity contribution in [2.24, 2.45) is 0 Å². The number of benzene rings is 1. The predicted molar refractivity (Wildman–Crippen MR) is 94.2 cm³/mol. The molecule has 5 nitrogen and oxygen atoms in total. The molecule has 3 rings (SSSR count). The molecule has 3 aromatic rings. The molecule has 0 atom stereocenters. The van der Waals surface area contributed by atoms with Gasteiger partial charge in [0.25, 0.3) is 0 Å². The third-order valence-corrected chi connectivity index (χ3v) is 3.27. The molecule has 0 aliphatic rings. The zero-order chi connectivity index (χ0) is 18.2. The van der Waals surface area contributed by atoms with E-state index < -0.39 is 11.6 Å². The van der Waals surface area contributed by atoms with Gasteiger partial charge in [-0.1, -0.05) is 17.7 Å². The topological polar surface area (TPSA) is 57.8 Å². The van der Waals surface area contributed by atoms with Gasteiger partial charge in [-0.05, 0) is 17.8 Å². The first-order valence-corrected chi connectivity index (χ1v) is 7.63. The van der Waals surface area contributed by atoms with Crippen LogP contribution in [-0.2, 0) is 6.54 Å². The third kappa shape index (κ3) is 5.38. The molecule has 2 heterocycles. The second kappa shape index (κ2) is 9.48. The molecule has 1 aromatic carbocycles. The van der Waals surface area contributed by atoms with Gasteiger partial charge in [0, 0.05) is 56.6 Å². The fraction of sp³-hybridized carbons (Fsp3) is 0.222. The number of nitrogens with one attached hydrogen (secondary N) is 1. The number of halogens is 2. The average Bonchev–Trinajstić information content (AvgIpc) is 3.09. The van der Waals surface area contributed by atoms with E-state index in [2.05, 4.69) is 16.1 Å². The van der Waals surface area contributed by atoms with Crippen molar-refractivity contribution in [2.75, 3.05) is 25.5 Å². The van der Waals surface area contributed by atoms with Crippen molar-refractivity contribution < 1.29 is 8.78 Å². The van der Waals surface area contributed by atoms with E-state index in [0.717, 1.165) is 17.8 Å². The molecule has 0 unspecified atom stereocenters. The Morgan fingerprint density at radius 1 is 1.23 bits per heavy atom. The van der Waals surface area contributed by atoms with E-state index in [4.69, 9.17) is 5.73 Å². The Labute approximate surface area is 145 Å². The number of pyridine rings is 1. The molecule has 0 spiro atoms. The van der Waals surface area contributed by atoms with Crippen LogP contribution in [0.4, 0.5) is 14.5 Å². The van der Waals surface area contributed by atoms with Crippen LogP contribution in [0, 0.1) is 17.7 Å². The van der Waals surface area contributed by atoms with Gasteiger partial charge in [0.2, 0.25) is 0 Å². The van der Waals surface area contributed by atoms with Crippen LogP contribution in [0.3, 0.4) is 0 Å². The van der Waals surface area contributed by atoms with E-state index in [1.165, 1.54) is 0 Å². The minimum absolute atomic E-state index is 0. The second-order valence-corrected chi connectivity index (χ2v) is 5.35. The minimum atomic E-state index is -0.659. The molecule has 1 radical (unpaired) electrons. The van der Waals surface area contributed by atoms with E-state index in [9.17, 15) is 8.78 Å². The third-order valence-electron chi connectivity index (χ3n) is 3.27. The van der Waals surface area contributed by atoms with Crippen molar-refractivity contribution in [3.05, 3.63) is 72.4 Å². The smallest absolute Gasteiger partial charge is 0.0489 e. The molecule has 147 valence electrons. The fourth-order valence-corrected chi connectivity index (χ4v) is 2.02. The quantitative estimate of drug-likeness (QED) is 0.426.